The quantitative estimate of drug-likeness (QED) is 0.636. The summed E-state index contributed by atoms with van der Waals surface area (Å²) in [5.41, 5.74) is 0. The summed E-state index contributed by atoms with van der Waals surface area (Å²) < 4.78 is 10.6. The zero-order valence-electron chi connectivity index (χ0n) is 13.4. The lowest BCUT2D eigenvalue weighted by atomic mass is 9.95. The van der Waals surface area contributed by atoms with Gasteiger partial charge in [-0.05, 0) is 32.2 Å². The molecule has 2 fully saturated rings. The molecule has 0 saturated carbocycles. The maximum atomic E-state index is 5.58. The van der Waals surface area contributed by atoms with Crippen LogP contribution in [0.5, 0.6) is 0 Å². The van der Waals surface area contributed by atoms with Crippen molar-refractivity contribution in [3.63, 3.8) is 0 Å². The second-order valence-corrected chi connectivity index (χ2v) is 6.16. The molecule has 0 aromatic rings. The predicted octanol–water partition coefficient (Wildman–Crippen LogP) is 1.99. The molecule has 2 rings (SSSR count). The zero-order valence-corrected chi connectivity index (χ0v) is 13.4. The summed E-state index contributed by atoms with van der Waals surface area (Å²) in [5, 5.41) is 0. The summed E-state index contributed by atoms with van der Waals surface area (Å²) in [6.45, 7) is 9.71. The van der Waals surface area contributed by atoms with Gasteiger partial charge < -0.3 is 9.47 Å². The highest BCUT2D eigenvalue weighted by atomic mass is 16.5. The molecule has 0 aromatic carbocycles. The lowest BCUT2D eigenvalue weighted by Crippen LogP contribution is -2.59. The molecule has 118 valence electrons. The van der Waals surface area contributed by atoms with E-state index >= 15 is 0 Å². The van der Waals surface area contributed by atoms with Crippen molar-refractivity contribution in [3.05, 3.63) is 0 Å². The average molecular weight is 284 g/mol. The predicted molar refractivity (Wildman–Crippen MR) is 82.2 cm³/mol. The summed E-state index contributed by atoms with van der Waals surface area (Å²) in [6.07, 6.45) is 6.64. The van der Waals surface area contributed by atoms with Crippen LogP contribution in [0.15, 0.2) is 0 Å². The van der Waals surface area contributed by atoms with Crippen LogP contribution >= 0.6 is 0 Å². The largest absolute Gasteiger partial charge is 0.382 e. The van der Waals surface area contributed by atoms with E-state index in [0.717, 1.165) is 31.7 Å². The maximum Gasteiger partial charge on any atom is 0.0700 e. The fraction of sp³-hybridized carbons (Fsp3) is 1.00. The van der Waals surface area contributed by atoms with Crippen LogP contribution in [0.3, 0.4) is 0 Å². The molecular weight excluding hydrogens is 252 g/mol. The van der Waals surface area contributed by atoms with Crippen LogP contribution in [0.2, 0.25) is 0 Å². The molecular formula is C16H32N2O2. The van der Waals surface area contributed by atoms with Crippen LogP contribution in [0, 0.1) is 0 Å². The molecule has 2 atom stereocenters. The lowest BCUT2D eigenvalue weighted by Gasteiger charge is -2.48. The monoisotopic (exact) mass is 284 g/mol. The number of fused-ring (bicyclic) bond motifs is 1. The Morgan fingerprint density at radius 2 is 2.00 bits per heavy atom. The van der Waals surface area contributed by atoms with Gasteiger partial charge in [-0.25, -0.2) is 0 Å². The summed E-state index contributed by atoms with van der Waals surface area (Å²) in [5.74, 6) is 0. The molecule has 2 aliphatic heterocycles. The Bertz CT molecular complexity index is 263. The van der Waals surface area contributed by atoms with Gasteiger partial charge in [-0.3, -0.25) is 9.80 Å². The first-order valence-electron chi connectivity index (χ1n) is 8.40. The molecule has 2 heterocycles. The van der Waals surface area contributed by atoms with E-state index in [1.54, 1.807) is 7.11 Å². The minimum absolute atomic E-state index is 0.707. The first-order chi connectivity index (χ1) is 9.85. The fourth-order valence-electron chi connectivity index (χ4n) is 3.59. The van der Waals surface area contributed by atoms with Crippen LogP contribution in [-0.4, -0.2) is 75.0 Å². The molecule has 20 heavy (non-hydrogen) atoms. The van der Waals surface area contributed by atoms with Gasteiger partial charge in [0.15, 0.2) is 0 Å². The van der Waals surface area contributed by atoms with E-state index in [1.807, 2.05) is 0 Å². The minimum Gasteiger partial charge on any atom is -0.382 e. The Morgan fingerprint density at radius 3 is 2.80 bits per heavy atom. The van der Waals surface area contributed by atoms with E-state index in [1.165, 1.54) is 51.9 Å². The number of methoxy groups -OCH3 is 1. The smallest absolute Gasteiger partial charge is 0.0700 e. The van der Waals surface area contributed by atoms with Crippen molar-refractivity contribution in [2.45, 2.75) is 51.1 Å². The summed E-state index contributed by atoms with van der Waals surface area (Å²) in [7, 11) is 1.72. The first kappa shape index (κ1) is 16.2. The molecule has 0 amide bonds. The number of piperazine rings is 1. The third kappa shape index (κ3) is 4.69. The van der Waals surface area contributed by atoms with Crippen molar-refractivity contribution in [1.82, 2.24) is 9.80 Å². The molecule has 0 radical (unpaired) electrons. The summed E-state index contributed by atoms with van der Waals surface area (Å²) in [6, 6.07) is 1.57. The van der Waals surface area contributed by atoms with Crippen LogP contribution in [0.1, 0.15) is 39.0 Å². The topological polar surface area (TPSA) is 24.9 Å². The van der Waals surface area contributed by atoms with Gasteiger partial charge >= 0.3 is 0 Å². The van der Waals surface area contributed by atoms with E-state index in [2.05, 4.69) is 16.7 Å². The van der Waals surface area contributed by atoms with E-state index < -0.39 is 0 Å². The molecule has 0 bridgehead atoms. The van der Waals surface area contributed by atoms with Crippen molar-refractivity contribution >= 4 is 0 Å². The molecule has 4 heteroatoms. The van der Waals surface area contributed by atoms with Gasteiger partial charge in [-0.15, -0.1) is 0 Å². The number of nitrogens with zero attached hydrogens (tertiary/aromatic N) is 2. The van der Waals surface area contributed by atoms with Crippen molar-refractivity contribution in [1.29, 1.82) is 0 Å². The third-order valence-corrected chi connectivity index (χ3v) is 4.79. The van der Waals surface area contributed by atoms with E-state index in [9.17, 15) is 0 Å². The van der Waals surface area contributed by atoms with E-state index in [4.69, 9.17) is 9.47 Å². The molecule has 0 aliphatic carbocycles. The van der Waals surface area contributed by atoms with Gasteiger partial charge in [0, 0.05) is 45.4 Å². The van der Waals surface area contributed by atoms with E-state index in [-0.39, 0.29) is 0 Å². The zero-order chi connectivity index (χ0) is 14.2. The molecule has 0 N–H and O–H groups in total. The second kappa shape index (κ2) is 8.98. The first-order valence-corrected chi connectivity index (χ1v) is 8.40. The Labute approximate surface area is 124 Å². The number of rotatable bonds is 8. The van der Waals surface area contributed by atoms with Gasteiger partial charge in [0.05, 0.1) is 13.2 Å². The van der Waals surface area contributed by atoms with Crippen molar-refractivity contribution in [3.8, 4) is 0 Å². The van der Waals surface area contributed by atoms with Gasteiger partial charge in [-0.2, -0.15) is 0 Å². The average Bonchev–Trinajstić information content (AvgIpc) is 2.50. The molecule has 2 unspecified atom stereocenters. The normalized spacial score (nSPS) is 28.5. The maximum absolute atomic E-state index is 5.58. The molecule has 0 aromatic heterocycles. The Balaban J connectivity index is 1.69. The van der Waals surface area contributed by atoms with Crippen molar-refractivity contribution in [2.24, 2.45) is 0 Å². The Hall–Kier alpha value is -0.160. The molecule has 0 spiro atoms. The second-order valence-electron chi connectivity index (χ2n) is 6.16. The van der Waals surface area contributed by atoms with Crippen molar-refractivity contribution in [2.75, 3.05) is 53.1 Å². The van der Waals surface area contributed by atoms with Crippen molar-refractivity contribution < 1.29 is 9.47 Å². The lowest BCUT2D eigenvalue weighted by molar-refractivity contribution is 0.000979. The third-order valence-electron chi connectivity index (χ3n) is 4.79. The molecule has 4 nitrogen and oxygen atoms in total. The molecule has 2 saturated heterocycles. The molecule has 2 aliphatic rings. The SMILES string of the molecule is CCC1CN2CCCCC2CN1CCCOCCOC. The fourth-order valence-corrected chi connectivity index (χ4v) is 3.59. The highest BCUT2D eigenvalue weighted by Crippen LogP contribution is 2.25. The van der Waals surface area contributed by atoms with Gasteiger partial charge in [-0.1, -0.05) is 13.3 Å². The van der Waals surface area contributed by atoms with Crippen LogP contribution in [-0.2, 0) is 9.47 Å². The minimum atomic E-state index is 0.707. The standard InChI is InChI=1S/C16H32N2O2/c1-3-15-13-18-8-5-4-7-16(18)14-17(15)9-6-10-20-12-11-19-2/h15-16H,3-14H2,1-2H3. The Kier molecular flexibility index (Phi) is 7.28. The van der Waals surface area contributed by atoms with Crippen LogP contribution in [0.4, 0.5) is 0 Å². The van der Waals surface area contributed by atoms with E-state index in [0.29, 0.717) is 6.61 Å². The highest BCUT2D eigenvalue weighted by molar-refractivity contribution is 4.90. The van der Waals surface area contributed by atoms with Gasteiger partial charge in [0.25, 0.3) is 0 Å². The number of ether oxygens (including phenoxy) is 2. The van der Waals surface area contributed by atoms with Crippen LogP contribution in [0.25, 0.3) is 0 Å². The van der Waals surface area contributed by atoms with Crippen LogP contribution < -0.4 is 0 Å². The van der Waals surface area contributed by atoms with Gasteiger partial charge in [0.1, 0.15) is 0 Å². The van der Waals surface area contributed by atoms with Gasteiger partial charge in [0.2, 0.25) is 0 Å². The number of hydrogen-bond acceptors (Lipinski definition) is 4. The summed E-state index contributed by atoms with van der Waals surface area (Å²) >= 11 is 0. The Morgan fingerprint density at radius 1 is 1.10 bits per heavy atom. The number of piperidine rings is 1. The summed E-state index contributed by atoms with van der Waals surface area (Å²) in [4.78, 5) is 5.45. The highest BCUT2D eigenvalue weighted by Gasteiger charge is 2.33. The number of hydrogen-bond donors (Lipinski definition) is 0.